The number of benzene rings is 2. The van der Waals surface area contributed by atoms with Crippen LogP contribution in [0.2, 0.25) is 0 Å². The van der Waals surface area contributed by atoms with Crippen LogP contribution in [0.3, 0.4) is 0 Å². The highest BCUT2D eigenvalue weighted by molar-refractivity contribution is 7.87. The first-order valence-electron chi connectivity index (χ1n) is 7.40. The van der Waals surface area contributed by atoms with Crippen LogP contribution in [0.1, 0.15) is 11.1 Å². The van der Waals surface area contributed by atoms with Crippen LogP contribution in [-0.2, 0) is 23.2 Å². The summed E-state index contributed by atoms with van der Waals surface area (Å²) in [5.74, 6) is 0.798. The van der Waals surface area contributed by atoms with E-state index in [0.717, 1.165) is 21.2 Å². The van der Waals surface area contributed by atoms with Crippen LogP contribution < -0.4 is 9.46 Å². The molecule has 0 spiro atoms. The second kappa shape index (κ2) is 8.10. The molecule has 2 aromatic carbocycles. The van der Waals surface area contributed by atoms with E-state index in [4.69, 9.17) is 4.74 Å². The van der Waals surface area contributed by atoms with Crippen LogP contribution in [-0.4, -0.2) is 33.4 Å². The number of hydrogen-bond acceptors (Lipinski definition) is 3. The molecule has 0 aliphatic carbocycles. The average molecular weight is 334 g/mol. The van der Waals surface area contributed by atoms with Gasteiger partial charge in [0.1, 0.15) is 12.4 Å². The summed E-state index contributed by atoms with van der Waals surface area (Å²) in [7, 11) is -0.355. The monoisotopic (exact) mass is 334 g/mol. The molecule has 0 radical (unpaired) electrons. The van der Waals surface area contributed by atoms with E-state index in [2.05, 4.69) is 4.72 Å². The third-order valence-electron chi connectivity index (χ3n) is 3.35. The van der Waals surface area contributed by atoms with E-state index < -0.39 is 10.2 Å². The van der Waals surface area contributed by atoms with E-state index >= 15 is 0 Å². The normalized spacial score (nSPS) is 11.6. The molecular weight excluding hydrogens is 312 g/mol. The lowest BCUT2D eigenvalue weighted by molar-refractivity contribution is 0.306. The minimum atomic E-state index is -3.36. The Morgan fingerprint density at radius 1 is 0.957 bits per heavy atom. The maximum atomic E-state index is 11.6. The molecule has 124 valence electrons. The van der Waals surface area contributed by atoms with Gasteiger partial charge >= 0.3 is 0 Å². The summed E-state index contributed by atoms with van der Waals surface area (Å²) in [6.07, 6.45) is 0.631. The first-order valence-corrected chi connectivity index (χ1v) is 8.84. The van der Waals surface area contributed by atoms with Crippen LogP contribution in [0.5, 0.6) is 5.75 Å². The first-order chi connectivity index (χ1) is 11.0. The third kappa shape index (κ3) is 5.67. The Kier molecular flexibility index (Phi) is 6.15. The Hall–Kier alpha value is -1.89. The molecule has 0 saturated heterocycles. The largest absolute Gasteiger partial charge is 0.489 e. The molecular formula is C17H22N2O3S. The average Bonchev–Trinajstić information content (AvgIpc) is 2.55. The van der Waals surface area contributed by atoms with Crippen molar-refractivity contribution in [3.05, 3.63) is 65.7 Å². The molecule has 0 bridgehead atoms. The van der Waals surface area contributed by atoms with Crippen LogP contribution >= 0.6 is 0 Å². The second-order valence-electron chi connectivity index (χ2n) is 5.35. The zero-order chi connectivity index (χ0) is 16.7. The fourth-order valence-corrected chi connectivity index (χ4v) is 2.56. The van der Waals surface area contributed by atoms with Gasteiger partial charge < -0.3 is 4.74 Å². The molecule has 0 saturated carbocycles. The molecule has 2 rings (SSSR count). The van der Waals surface area contributed by atoms with Gasteiger partial charge in [-0.3, -0.25) is 0 Å². The van der Waals surface area contributed by atoms with Crippen molar-refractivity contribution in [2.75, 3.05) is 20.6 Å². The van der Waals surface area contributed by atoms with Gasteiger partial charge in [-0.2, -0.15) is 12.7 Å². The van der Waals surface area contributed by atoms with Gasteiger partial charge in [0, 0.05) is 20.6 Å². The van der Waals surface area contributed by atoms with Crippen molar-refractivity contribution in [1.29, 1.82) is 0 Å². The molecule has 23 heavy (non-hydrogen) atoms. The predicted octanol–water partition coefficient (Wildman–Crippen LogP) is 2.20. The van der Waals surface area contributed by atoms with Gasteiger partial charge in [0.15, 0.2) is 0 Å². The van der Waals surface area contributed by atoms with Crippen LogP contribution in [0.4, 0.5) is 0 Å². The van der Waals surface area contributed by atoms with Gasteiger partial charge in [-0.15, -0.1) is 0 Å². The summed E-state index contributed by atoms with van der Waals surface area (Å²) in [5.41, 5.74) is 2.17. The van der Waals surface area contributed by atoms with Gasteiger partial charge in [-0.25, -0.2) is 4.72 Å². The number of nitrogens with zero attached hydrogens (tertiary/aromatic N) is 1. The van der Waals surface area contributed by atoms with Gasteiger partial charge in [0.05, 0.1) is 0 Å². The van der Waals surface area contributed by atoms with E-state index in [1.54, 1.807) is 0 Å². The molecule has 0 aromatic heterocycles. The quantitative estimate of drug-likeness (QED) is 0.805. The van der Waals surface area contributed by atoms with Crippen molar-refractivity contribution in [3.63, 3.8) is 0 Å². The topological polar surface area (TPSA) is 58.6 Å². The van der Waals surface area contributed by atoms with E-state index in [1.807, 2.05) is 54.6 Å². The van der Waals surface area contributed by atoms with E-state index in [1.165, 1.54) is 14.1 Å². The number of ether oxygens (including phenoxy) is 1. The fourth-order valence-electron chi connectivity index (χ4n) is 1.95. The lowest BCUT2D eigenvalue weighted by Gasteiger charge is -2.12. The maximum Gasteiger partial charge on any atom is 0.278 e. The molecule has 2 aromatic rings. The van der Waals surface area contributed by atoms with Crippen molar-refractivity contribution in [3.8, 4) is 5.75 Å². The smallest absolute Gasteiger partial charge is 0.278 e. The van der Waals surface area contributed by atoms with Crippen molar-refractivity contribution in [2.45, 2.75) is 13.0 Å². The summed E-state index contributed by atoms with van der Waals surface area (Å²) >= 11 is 0. The van der Waals surface area contributed by atoms with Gasteiger partial charge in [0.25, 0.3) is 10.2 Å². The minimum Gasteiger partial charge on any atom is -0.489 e. The third-order valence-corrected chi connectivity index (χ3v) is 4.88. The highest BCUT2D eigenvalue weighted by Crippen LogP contribution is 2.14. The Morgan fingerprint density at radius 2 is 1.61 bits per heavy atom. The second-order valence-corrected chi connectivity index (χ2v) is 7.32. The lowest BCUT2D eigenvalue weighted by Crippen LogP contribution is -2.36. The Labute approximate surface area is 138 Å². The Morgan fingerprint density at radius 3 is 2.22 bits per heavy atom. The van der Waals surface area contributed by atoms with E-state index in [9.17, 15) is 8.42 Å². The maximum absolute atomic E-state index is 11.6. The summed E-state index contributed by atoms with van der Waals surface area (Å²) in [6.45, 7) is 0.896. The van der Waals surface area contributed by atoms with Crippen LogP contribution in [0.25, 0.3) is 0 Å². The molecule has 6 heteroatoms. The molecule has 0 heterocycles. The number of rotatable bonds is 8. The van der Waals surface area contributed by atoms with Crippen molar-refractivity contribution in [2.24, 2.45) is 0 Å². The Bertz CT molecular complexity index is 698. The zero-order valence-corrected chi connectivity index (χ0v) is 14.2. The van der Waals surface area contributed by atoms with Crippen molar-refractivity contribution in [1.82, 2.24) is 9.03 Å². The zero-order valence-electron chi connectivity index (χ0n) is 13.4. The first kappa shape index (κ1) is 17.5. The molecule has 5 nitrogen and oxygen atoms in total. The van der Waals surface area contributed by atoms with Gasteiger partial charge in [-0.1, -0.05) is 42.5 Å². The lowest BCUT2D eigenvalue weighted by atomic mass is 10.1. The molecule has 0 fully saturated rings. The number of hydrogen-bond donors (Lipinski definition) is 1. The minimum absolute atomic E-state index is 0.366. The van der Waals surface area contributed by atoms with Gasteiger partial charge in [-0.05, 0) is 29.7 Å². The van der Waals surface area contributed by atoms with E-state index in [-0.39, 0.29) is 0 Å². The van der Waals surface area contributed by atoms with Crippen molar-refractivity contribution >= 4 is 10.2 Å². The fraction of sp³-hybridized carbons (Fsp3) is 0.294. The highest BCUT2D eigenvalue weighted by atomic mass is 32.2. The summed E-state index contributed by atoms with van der Waals surface area (Å²) in [6, 6.07) is 17.7. The summed E-state index contributed by atoms with van der Waals surface area (Å²) in [5, 5.41) is 0. The Balaban J connectivity index is 1.80. The van der Waals surface area contributed by atoms with Gasteiger partial charge in [0.2, 0.25) is 0 Å². The molecule has 0 aliphatic heterocycles. The molecule has 0 amide bonds. The standard InChI is InChI=1S/C17H22N2O3S/c1-19(2)23(20,21)18-13-12-15-8-10-17(11-9-15)22-14-16-6-4-3-5-7-16/h3-11,18H,12-14H2,1-2H3. The molecule has 0 aliphatic rings. The molecule has 1 N–H and O–H groups in total. The van der Waals surface area contributed by atoms with Crippen molar-refractivity contribution < 1.29 is 13.2 Å². The molecule has 0 atom stereocenters. The predicted molar refractivity (Wildman–Crippen MR) is 91.5 cm³/mol. The summed E-state index contributed by atoms with van der Waals surface area (Å²) < 4.78 is 32.6. The highest BCUT2D eigenvalue weighted by Gasteiger charge is 2.11. The van der Waals surface area contributed by atoms with Crippen LogP contribution in [0, 0.1) is 0 Å². The molecule has 0 unspecified atom stereocenters. The number of nitrogens with one attached hydrogen (secondary N) is 1. The van der Waals surface area contributed by atoms with Crippen LogP contribution in [0.15, 0.2) is 54.6 Å². The van der Waals surface area contributed by atoms with E-state index in [0.29, 0.717) is 19.6 Å². The SMILES string of the molecule is CN(C)S(=O)(=O)NCCc1ccc(OCc2ccccc2)cc1. The summed E-state index contributed by atoms with van der Waals surface area (Å²) in [4.78, 5) is 0.